The minimum atomic E-state index is -3.59. The van der Waals surface area contributed by atoms with Gasteiger partial charge in [-0.3, -0.25) is 4.79 Å². The zero-order valence-corrected chi connectivity index (χ0v) is 20.1. The van der Waals surface area contributed by atoms with E-state index in [4.69, 9.17) is 14.2 Å². The molecule has 0 radical (unpaired) electrons. The Balaban J connectivity index is 1.82. The van der Waals surface area contributed by atoms with Crippen molar-refractivity contribution in [1.29, 1.82) is 0 Å². The molecule has 1 N–H and O–H groups in total. The number of rotatable bonds is 12. The molecule has 0 bridgehead atoms. The summed E-state index contributed by atoms with van der Waals surface area (Å²) in [7, 11) is -0.747. The molecule has 1 amide bonds. The molecule has 2 aromatic rings. The van der Waals surface area contributed by atoms with Gasteiger partial charge in [0.15, 0.2) is 18.1 Å². The third kappa shape index (κ3) is 7.47. The maximum absolute atomic E-state index is 12.1. The molecule has 0 fully saturated rings. The highest BCUT2D eigenvalue weighted by molar-refractivity contribution is 7.89. The number of benzene rings is 2. The Hall–Kier alpha value is -3.11. The summed E-state index contributed by atoms with van der Waals surface area (Å²) >= 11 is 0. The van der Waals surface area contributed by atoms with Gasteiger partial charge in [0.1, 0.15) is 0 Å². The maximum Gasteiger partial charge on any atom is 0.338 e. The predicted molar refractivity (Wildman–Crippen MR) is 123 cm³/mol. The highest BCUT2D eigenvalue weighted by Crippen LogP contribution is 2.28. The molecule has 0 unspecified atom stereocenters. The first-order chi connectivity index (χ1) is 15.7. The second-order valence-corrected chi connectivity index (χ2v) is 9.29. The summed E-state index contributed by atoms with van der Waals surface area (Å²) in [5.74, 6) is 0.172. The van der Waals surface area contributed by atoms with Gasteiger partial charge in [-0.25, -0.2) is 17.5 Å². The van der Waals surface area contributed by atoms with Crippen molar-refractivity contribution in [2.24, 2.45) is 0 Å². The van der Waals surface area contributed by atoms with Gasteiger partial charge in [0, 0.05) is 20.6 Å². The number of nitrogens with one attached hydrogen (secondary N) is 1. The van der Waals surface area contributed by atoms with Crippen LogP contribution in [0.1, 0.15) is 29.8 Å². The number of hydrogen-bond donors (Lipinski definition) is 1. The van der Waals surface area contributed by atoms with Gasteiger partial charge >= 0.3 is 5.97 Å². The number of ether oxygens (including phenoxy) is 3. The third-order valence-corrected chi connectivity index (χ3v) is 6.38. The Kier molecular flexibility index (Phi) is 9.68. The number of esters is 1. The highest BCUT2D eigenvalue weighted by Gasteiger charge is 2.18. The van der Waals surface area contributed by atoms with Gasteiger partial charge < -0.3 is 19.5 Å². The molecule has 0 saturated heterocycles. The van der Waals surface area contributed by atoms with E-state index >= 15 is 0 Å². The van der Waals surface area contributed by atoms with Gasteiger partial charge in [0.25, 0.3) is 5.91 Å². The molecule has 0 aliphatic heterocycles. The Morgan fingerprint density at radius 3 is 2.18 bits per heavy atom. The number of carbonyl (C=O) groups is 2. The zero-order valence-electron chi connectivity index (χ0n) is 19.3. The molecule has 0 atom stereocenters. The van der Waals surface area contributed by atoms with E-state index in [0.717, 1.165) is 9.87 Å². The van der Waals surface area contributed by atoms with Crippen LogP contribution < -0.4 is 14.8 Å². The molecule has 0 saturated carbocycles. The van der Waals surface area contributed by atoms with Gasteiger partial charge in [-0.15, -0.1) is 0 Å². The van der Waals surface area contributed by atoms with Crippen LogP contribution in [0.3, 0.4) is 0 Å². The van der Waals surface area contributed by atoms with Crippen molar-refractivity contribution >= 4 is 21.9 Å². The number of amides is 1. The van der Waals surface area contributed by atoms with Gasteiger partial charge in [-0.05, 0) is 62.2 Å². The molecule has 0 aliphatic carbocycles. The first-order valence-corrected chi connectivity index (χ1v) is 12.0. The van der Waals surface area contributed by atoms with Crippen LogP contribution in [-0.2, 0) is 26.0 Å². The number of nitrogens with zero attached hydrogens (tertiary/aromatic N) is 1. The van der Waals surface area contributed by atoms with Crippen molar-refractivity contribution in [3.63, 3.8) is 0 Å². The molecule has 0 spiro atoms. The van der Waals surface area contributed by atoms with Crippen LogP contribution >= 0.6 is 0 Å². The minimum Gasteiger partial charge on any atom is -0.490 e. The first-order valence-electron chi connectivity index (χ1n) is 10.5. The van der Waals surface area contributed by atoms with Crippen molar-refractivity contribution in [3.05, 3.63) is 53.6 Å². The van der Waals surface area contributed by atoms with Crippen molar-refractivity contribution in [2.45, 2.75) is 25.2 Å². The Bertz CT molecular complexity index is 1050. The Morgan fingerprint density at radius 1 is 0.939 bits per heavy atom. The predicted octanol–water partition coefficient (Wildman–Crippen LogP) is 2.25. The van der Waals surface area contributed by atoms with E-state index in [2.05, 4.69) is 5.32 Å². The number of hydrogen-bond acceptors (Lipinski definition) is 7. The normalized spacial score (nSPS) is 11.2. The summed E-state index contributed by atoms with van der Waals surface area (Å²) in [6, 6.07) is 10.9. The third-order valence-electron chi connectivity index (χ3n) is 4.55. The maximum atomic E-state index is 12.1. The zero-order chi connectivity index (χ0) is 24.4. The second kappa shape index (κ2) is 12.2. The van der Waals surface area contributed by atoms with Crippen molar-refractivity contribution in [2.75, 3.05) is 40.5 Å². The molecular formula is C23H30N2O7S. The largest absolute Gasteiger partial charge is 0.490 e. The molecule has 9 nitrogen and oxygen atoms in total. The quantitative estimate of drug-likeness (QED) is 0.466. The van der Waals surface area contributed by atoms with E-state index in [1.807, 2.05) is 32.0 Å². The molecular weight excluding hydrogens is 448 g/mol. The topological polar surface area (TPSA) is 111 Å². The Labute approximate surface area is 194 Å². The van der Waals surface area contributed by atoms with E-state index in [-0.39, 0.29) is 10.5 Å². The average Bonchev–Trinajstić information content (AvgIpc) is 2.79. The molecule has 10 heteroatoms. The Morgan fingerprint density at radius 2 is 1.58 bits per heavy atom. The molecule has 0 aliphatic rings. The lowest BCUT2D eigenvalue weighted by Crippen LogP contribution is -2.30. The molecule has 0 heterocycles. The lowest BCUT2D eigenvalue weighted by atomic mass is 10.1. The van der Waals surface area contributed by atoms with E-state index in [1.54, 1.807) is 0 Å². The van der Waals surface area contributed by atoms with Gasteiger partial charge in [0.05, 0.1) is 23.7 Å². The van der Waals surface area contributed by atoms with Crippen LogP contribution in [0.25, 0.3) is 0 Å². The van der Waals surface area contributed by atoms with Crippen LogP contribution in [0, 0.1) is 0 Å². The minimum absolute atomic E-state index is 0.0589. The molecule has 2 rings (SSSR count). The van der Waals surface area contributed by atoms with Crippen LogP contribution in [-0.4, -0.2) is 65.1 Å². The standard InChI is InChI=1S/C23H30N2O7S/c1-5-30-20-12-7-17(15-21(20)31-6-2)13-14-24-22(26)16-32-23(27)18-8-10-19(11-9-18)33(28,29)25(3)4/h7-12,15H,5-6,13-14,16H2,1-4H3,(H,24,26). The summed E-state index contributed by atoms with van der Waals surface area (Å²) in [4.78, 5) is 24.2. The highest BCUT2D eigenvalue weighted by atomic mass is 32.2. The lowest BCUT2D eigenvalue weighted by Gasteiger charge is -2.13. The SMILES string of the molecule is CCOc1ccc(CCNC(=O)COC(=O)c2ccc(S(=O)(=O)N(C)C)cc2)cc1OCC. The van der Waals surface area contributed by atoms with E-state index in [0.29, 0.717) is 37.7 Å². The number of carbonyl (C=O) groups excluding carboxylic acids is 2. The van der Waals surface area contributed by atoms with E-state index < -0.39 is 28.5 Å². The molecule has 180 valence electrons. The summed E-state index contributed by atoms with van der Waals surface area (Å²) in [6.07, 6.45) is 0.563. The van der Waals surface area contributed by atoms with Crippen LogP contribution in [0.5, 0.6) is 11.5 Å². The summed E-state index contributed by atoms with van der Waals surface area (Å²) in [5.41, 5.74) is 1.12. The number of sulfonamides is 1. The summed E-state index contributed by atoms with van der Waals surface area (Å²) in [6.45, 7) is 4.75. The van der Waals surface area contributed by atoms with Crippen LogP contribution in [0.15, 0.2) is 47.4 Å². The van der Waals surface area contributed by atoms with Crippen LogP contribution in [0.2, 0.25) is 0 Å². The molecule has 2 aromatic carbocycles. The van der Waals surface area contributed by atoms with Gasteiger partial charge in [-0.1, -0.05) is 6.07 Å². The van der Waals surface area contributed by atoms with E-state index in [1.165, 1.54) is 38.4 Å². The van der Waals surface area contributed by atoms with E-state index in [9.17, 15) is 18.0 Å². The van der Waals surface area contributed by atoms with Crippen molar-refractivity contribution in [1.82, 2.24) is 9.62 Å². The smallest absolute Gasteiger partial charge is 0.338 e. The summed E-state index contributed by atoms with van der Waals surface area (Å²) in [5, 5.41) is 2.70. The fourth-order valence-corrected chi connectivity index (χ4v) is 3.74. The molecule has 0 aromatic heterocycles. The van der Waals surface area contributed by atoms with Gasteiger partial charge in [0.2, 0.25) is 10.0 Å². The molecule has 33 heavy (non-hydrogen) atoms. The fourth-order valence-electron chi connectivity index (χ4n) is 2.84. The monoisotopic (exact) mass is 478 g/mol. The average molecular weight is 479 g/mol. The van der Waals surface area contributed by atoms with Crippen molar-refractivity contribution < 1.29 is 32.2 Å². The van der Waals surface area contributed by atoms with Gasteiger partial charge in [-0.2, -0.15) is 0 Å². The second-order valence-electron chi connectivity index (χ2n) is 7.14. The van der Waals surface area contributed by atoms with Crippen molar-refractivity contribution in [3.8, 4) is 11.5 Å². The summed E-state index contributed by atoms with van der Waals surface area (Å²) < 4.78 is 41.4. The first kappa shape index (κ1) is 26.1. The lowest BCUT2D eigenvalue weighted by molar-refractivity contribution is -0.124. The fraction of sp³-hybridized carbons (Fsp3) is 0.391. The van der Waals surface area contributed by atoms with Crippen LogP contribution in [0.4, 0.5) is 0 Å².